The molecule has 5 heteroatoms. The highest BCUT2D eigenvalue weighted by molar-refractivity contribution is 7.22. The smallest absolute Gasteiger partial charge is 0.257 e. The van der Waals surface area contributed by atoms with Crippen LogP contribution in [0.25, 0.3) is 10.2 Å². The Balaban J connectivity index is 1.83. The van der Waals surface area contributed by atoms with Crippen LogP contribution in [-0.2, 0) is 0 Å². The average molecular weight is 312 g/mol. The number of aromatic nitrogens is 1. The van der Waals surface area contributed by atoms with Crippen molar-refractivity contribution >= 4 is 32.6 Å². The maximum Gasteiger partial charge on any atom is 0.257 e. The number of nitrogens with one attached hydrogen (secondary N) is 1. The van der Waals surface area contributed by atoms with Crippen molar-refractivity contribution in [2.24, 2.45) is 0 Å². The molecule has 1 aromatic heterocycles. The van der Waals surface area contributed by atoms with E-state index in [4.69, 9.17) is 4.74 Å². The summed E-state index contributed by atoms with van der Waals surface area (Å²) >= 11 is 1.47. The second-order valence-corrected chi connectivity index (χ2v) is 5.89. The summed E-state index contributed by atoms with van der Waals surface area (Å²) in [5.41, 5.74) is 2.60. The molecule has 0 aliphatic rings. The molecule has 0 fully saturated rings. The van der Waals surface area contributed by atoms with Crippen molar-refractivity contribution in [3.63, 3.8) is 0 Å². The van der Waals surface area contributed by atoms with Crippen LogP contribution in [0.4, 0.5) is 5.13 Å². The van der Waals surface area contributed by atoms with Crippen molar-refractivity contribution < 1.29 is 9.53 Å². The van der Waals surface area contributed by atoms with E-state index in [-0.39, 0.29) is 5.91 Å². The number of thiazole rings is 1. The third kappa shape index (κ3) is 2.94. The lowest BCUT2D eigenvalue weighted by molar-refractivity contribution is 0.102. The highest BCUT2D eigenvalue weighted by atomic mass is 32.1. The van der Waals surface area contributed by atoms with E-state index in [1.54, 1.807) is 12.1 Å². The average Bonchev–Trinajstić information content (AvgIpc) is 2.92. The molecule has 1 N–H and O–H groups in total. The van der Waals surface area contributed by atoms with E-state index in [1.807, 2.05) is 44.2 Å². The number of aryl methyl sites for hydroxylation is 1. The highest BCUT2D eigenvalue weighted by Gasteiger charge is 2.11. The van der Waals surface area contributed by atoms with Crippen LogP contribution in [0.15, 0.2) is 42.5 Å². The Hall–Kier alpha value is -2.40. The van der Waals surface area contributed by atoms with E-state index < -0.39 is 0 Å². The van der Waals surface area contributed by atoms with Crippen LogP contribution in [-0.4, -0.2) is 17.5 Å². The molecular formula is C17H16N2O2S. The van der Waals surface area contributed by atoms with Gasteiger partial charge in [-0.15, -0.1) is 0 Å². The van der Waals surface area contributed by atoms with Crippen LogP contribution in [0, 0.1) is 6.92 Å². The van der Waals surface area contributed by atoms with Crippen molar-refractivity contribution in [3.8, 4) is 5.75 Å². The van der Waals surface area contributed by atoms with Gasteiger partial charge in [0.2, 0.25) is 0 Å². The van der Waals surface area contributed by atoms with Crippen LogP contribution in [0.3, 0.4) is 0 Å². The van der Waals surface area contributed by atoms with E-state index in [9.17, 15) is 4.79 Å². The highest BCUT2D eigenvalue weighted by Crippen LogP contribution is 2.28. The number of nitrogens with zero attached hydrogens (tertiary/aromatic N) is 1. The van der Waals surface area contributed by atoms with E-state index in [2.05, 4.69) is 10.3 Å². The van der Waals surface area contributed by atoms with Gasteiger partial charge in [-0.3, -0.25) is 10.1 Å². The first-order valence-corrected chi connectivity index (χ1v) is 7.89. The number of ether oxygens (including phenoxy) is 1. The lowest BCUT2D eigenvalue weighted by atomic mass is 10.2. The summed E-state index contributed by atoms with van der Waals surface area (Å²) in [5, 5.41) is 3.46. The van der Waals surface area contributed by atoms with Crippen molar-refractivity contribution in [3.05, 3.63) is 53.6 Å². The molecule has 112 valence electrons. The monoisotopic (exact) mass is 312 g/mol. The van der Waals surface area contributed by atoms with Gasteiger partial charge in [0.05, 0.1) is 16.8 Å². The number of para-hydroxylation sites is 1. The Bertz CT molecular complexity index is 826. The first-order valence-electron chi connectivity index (χ1n) is 7.07. The molecule has 3 aromatic rings. The summed E-state index contributed by atoms with van der Waals surface area (Å²) in [7, 11) is 0. The predicted molar refractivity (Wildman–Crippen MR) is 89.9 cm³/mol. The second-order valence-electron chi connectivity index (χ2n) is 4.86. The molecule has 0 aliphatic heterocycles. The Kier molecular flexibility index (Phi) is 4.06. The molecule has 0 bridgehead atoms. The molecule has 0 saturated carbocycles. The molecular weight excluding hydrogens is 296 g/mol. The summed E-state index contributed by atoms with van der Waals surface area (Å²) < 4.78 is 6.49. The fourth-order valence-corrected chi connectivity index (χ4v) is 3.14. The molecule has 4 nitrogen and oxygen atoms in total. The minimum Gasteiger partial charge on any atom is -0.494 e. The fourth-order valence-electron chi connectivity index (χ4n) is 2.20. The van der Waals surface area contributed by atoms with Gasteiger partial charge in [-0.25, -0.2) is 4.98 Å². The SMILES string of the molecule is CCOc1cccc(C(=O)Nc2nc3c(C)cccc3s2)c1. The molecule has 0 atom stereocenters. The van der Waals surface area contributed by atoms with Crippen LogP contribution in [0.5, 0.6) is 5.75 Å². The van der Waals surface area contributed by atoms with E-state index in [0.29, 0.717) is 23.1 Å². The van der Waals surface area contributed by atoms with Gasteiger partial charge in [0.1, 0.15) is 5.75 Å². The Morgan fingerprint density at radius 2 is 2.09 bits per heavy atom. The minimum absolute atomic E-state index is 0.182. The number of anilines is 1. The van der Waals surface area contributed by atoms with Crippen LogP contribution in [0.2, 0.25) is 0 Å². The number of rotatable bonds is 4. The van der Waals surface area contributed by atoms with Crippen LogP contribution < -0.4 is 10.1 Å². The topological polar surface area (TPSA) is 51.2 Å². The van der Waals surface area contributed by atoms with Gasteiger partial charge in [-0.05, 0) is 43.7 Å². The molecule has 3 rings (SSSR count). The molecule has 0 radical (unpaired) electrons. The van der Waals surface area contributed by atoms with Gasteiger partial charge in [-0.2, -0.15) is 0 Å². The fraction of sp³-hybridized carbons (Fsp3) is 0.176. The Morgan fingerprint density at radius 1 is 1.27 bits per heavy atom. The summed E-state index contributed by atoms with van der Waals surface area (Å²) in [6.07, 6.45) is 0. The zero-order valence-corrected chi connectivity index (χ0v) is 13.2. The standard InChI is InChI=1S/C17H16N2O2S/c1-3-21-13-8-5-7-12(10-13)16(20)19-17-18-15-11(2)6-4-9-14(15)22-17/h4-10H,3H2,1-2H3,(H,18,19,20). The Morgan fingerprint density at radius 3 is 2.86 bits per heavy atom. The Labute approximate surface area is 132 Å². The van der Waals surface area contributed by atoms with Crippen LogP contribution in [0.1, 0.15) is 22.8 Å². The number of hydrogen-bond acceptors (Lipinski definition) is 4. The number of benzene rings is 2. The summed E-state index contributed by atoms with van der Waals surface area (Å²) in [6.45, 7) is 4.50. The van der Waals surface area contributed by atoms with Gasteiger partial charge in [0.15, 0.2) is 5.13 Å². The number of carbonyl (C=O) groups is 1. The molecule has 22 heavy (non-hydrogen) atoms. The largest absolute Gasteiger partial charge is 0.494 e. The summed E-state index contributed by atoms with van der Waals surface area (Å²) in [4.78, 5) is 16.8. The number of hydrogen-bond donors (Lipinski definition) is 1. The molecule has 1 heterocycles. The molecule has 0 saturated heterocycles. The number of amides is 1. The van der Waals surface area contributed by atoms with E-state index in [1.165, 1.54) is 11.3 Å². The maximum atomic E-state index is 12.3. The van der Waals surface area contributed by atoms with Crippen molar-refractivity contribution in [2.45, 2.75) is 13.8 Å². The van der Waals surface area contributed by atoms with Crippen molar-refractivity contribution in [1.29, 1.82) is 0 Å². The molecule has 0 aliphatic carbocycles. The third-order valence-electron chi connectivity index (χ3n) is 3.25. The quantitative estimate of drug-likeness (QED) is 0.783. The third-order valence-corrected chi connectivity index (χ3v) is 4.18. The molecule has 0 spiro atoms. The van der Waals surface area contributed by atoms with Crippen molar-refractivity contribution in [1.82, 2.24) is 4.98 Å². The first-order chi connectivity index (χ1) is 10.7. The maximum absolute atomic E-state index is 12.3. The number of fused-ring (bicyclic) bond motifs is 1. The van der Waals surface area contributed by atoms with Gasteiger partial charge in [-0.1, -0.05) is 29.5 Å². The second kappa shape index (κ2) is 6.15. The first kappa shape index (κ1) is 14.5. The molecule has 1 amide bonds. The molecule has 0 unspecified atom stereocenters. The normalized spacial score (nSPS) is 10.6. The summed E-state index contributed by atoms with van der Waals surface area (Å²) in [5.74, 6) is 0.508. The zero-order chi connectivity index (χ0) is 15.5. The minimum atomic E-state index is -0.182. The van der Waals surface area contributed by atoms with Gasteiger partial charge in [0.25, 0.3) is 5.91 Å². The zero-order valence-electron chi connectivity index (χ0n) is 12.4. The van der Waals surface area contributed by atoms with Gasteiger partial charge < -0.3 is 4.74 Å². The lowest BCUT2D eigenvalue weighted by Gasteiger charge is -2.05. The van der Waals surface area contributed by atoms with Crippen LogP contribution >= 0.6 is 11.3 Å². The van der Waals surface area contributed by atoms with Crippen molar-refractivity contribution in [2.75, 3.05) is 11.9 Å². The van der Waals surface area contributed by atoms with E-state index >= 15 is 0 Å². The van der Waals surface area contributed by atoms with Gasteiger partial charge >= 0.3 is 0 Å². The van der Waals surface area contributed by atoms with Gasteiger partial charge in [0, 0.05) is 5.56 Å². The lowest BCUT2D eigenvalue weighted by Crippen LogP contribution is -2.11. The summed E-state index contributed by atoms with van der Waals surface area (Å²) in [6, 6.07) is 13.1. The predicted octanol–water partition coefficient (Wildman–Crippen LogP) is 4.26. The van der Waals surface area contributed by atoms with E-state index in [0.717, 1.165) is 15.8 Å². The number of carbonyl (C=O) groups excluding carboxylic acids is 1. The molecule has 2 aromatic carbocycles.